The van der Waals surface area contributed by atoms with Gasteiger partial charge in [0.05, 0.1) is 28.0 Å². The summed E-state index contributed by atoms with van der Waals surface area (Å²) in [6, 6.07) is 6.04. The minimum absolute atomic E-state index is 0.182. The maximum absolute atomic E-state index is 5.18. The zero-order valence-corrected chi connectivity index (χ0v) is 15.1. The molecular formula is C18H23N5O. The first kappa shape index (κ1) is 16.5. The van der Waals surface area contributed by atoms with E-state index in [1.54, 1.807) is 7.11 Å². The number of rotatable bonds is 3. The van der Waals surface area contributed by atoms with E-state index in [1.807, 2.05) is 36.7 Å². The molecule has 0 aliphatic carbocycles. The molecule has 1 aromatic carbocycles. The van der Waals surface area contributed by atoms with Gasteiger partial charge in [-0.25, -0.2) is 19.6 Å². The second kappa shape index (κ2) is 5.94. The molecular weight excluding hydrogens is 302 g/mol. The van der Waals surface area contributed by atoms with Crippen LogP contribution in [0.2, 0.25) is 0 Å². The van der Waals surface area contributed by atoms with E-state index in [2.05, 4.69) is 40.8 Å². The molecule has 24 heavy (non-hydrogen) atoms. The lowest BCUT2D eigenvalue weighted by atomic mass is 10.1. The Morgan fingerprint density at radius 2 is 1.67 bits per heavy atom. The normalized spacial score (nSPS) is 12.1. The Hall–Kier alpha value is -2.34. The monoisotopic (exact) mass is 325 g/mol. The molecule has 0 aliphatic rings. The van der Waals surface area contributed by atoms with Crippen molar-refractivity contribution in [1.82, 2.24) is 24.7 Å². The maximum Gasteiger partial charge on any atom is 0.176 e. The Kier molecular flexibility index (Phi) is 4.09. The van der Waals surface area contributed by atoms with Crippen LogP contribution >= 0.6 is 0 Å². The lowest BCUT2D eigenvalue weighted by molar-refractivity contribution is 0.176. The van der Waals surface area contributed by atoms with Crippen molar-refractivity contribution in [2.24, 2.45) is 0 Å². The average molecular weight is 325 g/mol. The zero-order chi connectivity index (χ0) is 17.5. The number of ether oxygens (including phenoxy) is 1. The Morgan fingerprint density at radius 1 is 1.00 bits per heavy atom. The highest BCUT2D eigenvalue weighted by atomic mass is 16.5. The molecule has 2 aromatic heterocycles. The van der Waals surface area contributed by atoms with E-state index in [1.165, 1.54) is 0 Å². The summed E-state index contributed by atoms with van der Waals surface area (Å²) in [6.45, 7) is 10.7. The standard InChI is InChI=1S/C18H23N5O/c1-11-12(2)20-15-9-13(7-8-14(15)19-11)17-21-16(10-24-6)22-23(17)18(3,4)5/h7-9H,10H2,1-6H3. The molecule has 0 amide bonds. The van der Waals surface area contributed by atoms with E-state index in [9.17, 15) is 0 Å². The molecule has 0 saturated carbocycles. The molecule has 126 valence electrons. The molecule has 3 aromatic rings. The van der Waals surface area contributed by atoms with Crippen molar-refractivity contribution in [1.29, 1.82) is 0 Å². The summed E-state index contributed by atoms with van der Waals surface area (Å²) in [6.07, 6.45) is 0. The first-order valence-corrected chi connectivity index (χ1v) is 8.00. The molecule has 0 fully saturated rings. The molecule has 0 N–H and O–H groups in total. The van der Waals surface area contributed by atoms with Crippen LogP contribution in [0.25, 0.3) is 22.4 Å². The molecule has 0 radical (unpaired) electrons. The first-order valence-electron chi connectivity index (χ1n) is 8.00. The van der Waals surface area contributed by atoms with Crippen molar-refractivity contribution in [2.45, 2.75) is 46.8 Å². The molecule has 6 heteroatoms. The lowest BCUT2D eigenvalue weighted by Crippen LogP contribution is -2.24. The minimum Gasteiger partial charge on any atom is -0.377 e. The maximum atomic E-state index is 5.18. The fraction of sp³-hybridized carbons (Fsp3) is 0.444. The van der Waals surface area contributed by atoms with Crippen LogP contribution in [0, 0.1) is 13.8 Å². The van der Waals surface area contributed by atoms with Crippen LogP contribution in [-0.2, 0) is 16.9 Å². The van der Waals surface area contributed by atoms with Crippen LogP contribution in [0.4, 0.5) is 0 Å². The largest absolute Gasteiger partial charge is 0.377 e. The van der Waals surface area contributed by atoms with E-state index < -0.39 is 0 Å². The quantitative estimate of drug-likeness (QED) is 0.738. The van der Waals surface area contributed by atoms with Gasteiger partial charge in [0, 0.05) is 12.7 Å². The smallest absolute Gasteiger partial charge is 0.176 e. The Labute approximate surface area is 141 Å². The average Bonchev–Trinajstić information content (AvgIpc) is 2.93. The van der Waals surface area contributed by atoms with Crippen LogP contribution in [0.15, 0.2) is 18.2 Å². The van der Waals surface area contributed by atoms with E-state index in [4.69, 9.17) is 4.74 Å². The van der Waals surface area contributed by atoms with Gasteiger partial charge in [-0.05, 0) is 52.8 Å². The third kappa shape index (κ3) is 3.01. The topological polar surface area (TPSA) is 65.7 Å². The summed E-state index contributed by atoms with van der Waals surface area (Å²) in [5.41, 5.74) is 4.45. The van der Waals surface area contributed by atoms with Crippen LogP contribution in [0.3, 0.4) is 0 Å². The van der Waals surface area contributed by atoms with Crippen LogP contribution in [0.5, 0.6) is 0 Å². The molecule has 0 saturated heterocycles. The van der Waals surface area contributed by atoms with Gasteiger partial charge >= 0.3 is 0 Å². The zero-order valence-electron chi connectivity index (χ0n) is 15.1. The van der Waals surface area contributed by atoms with Crippen LogP contribution < -0.4 is 0 Å². The van der Waals surface area contributed by atoms with Gasteiger partial charge in [0.1, 0.15) is 6.61 Å². The summed E-state index contributed by atoms with van der Waals surface area (Å²) < 4.78 is 7.12. The van der Waals surface area contributed by atoms with Gasteiger partial charge < -0.3 is 4.74 Å². The number of nitrogens with zero attached hydrogens (tertiary/aromatic N) is 5. The number of aromatic nitrogens is 5. The third-order valence-electron chi connectivity index (χ3n) is 3.89. The summed E-state index contributed by atoms with van der Waals surface area (Å²) in [4.78, 5) is 13.9. The molecule has 6 nitrogen and oxygen atoms in total. The Morgan fingerprint density at radius 3 is 2.29 bits per heavy atom. The highest BCUT2D eigenvalue weighted by molar-refractivity contribution is 5.80. The number of methoxy groups -OCH3 is 1. The first-order chi connectivity index (χ1) is 11.3. The molecule has 3 rings (SSSR count). The van der Waals surface area contributed by atoms with Crippen molar-refractivity contribution < 1.29 is 4.74 Å². The van der Waals surface area contributed by atoms with Crippen molar-refractivity contribution in [2.75, 3.05) is 7.11 Å². The fourth-order valence-corrected chi connectivity index (χ4v) is 2.57. The Balaban J connectivity index is 2.17. The van der Waals surface area contributed by atoms with Crippen molar-refractivity contribution >= 4 is 11.0 Å². The van der Waals surface area contributed by atoms with Gasteiger partial charge in [-0.3, -0.25) is 0 Å². The van der Waals surface area contributed by atoms with E-state index >= 15 is 0 Å². The third-order valence-corrected chi connectivity index (χ3v) is 3.89. The minimum atomic E-state index is -0.182. The number of benzene rings is 1. The number of hydrogen-bond acceptors (Lipinski definition) is 5. The van der Waals surface area contributed by atoms with E-state index in [-0.39, 0.29) is 5.54 Å². The molecule has 0 atom stereocenters. The molecule has 0 bridgehead atoms. The van der Waals surface area contributed by atoms with Gasteiger partial charge in [-0.2, -0.15) is 5.10 Å². The van der Waals surface area contributed by atoms with Gasteiger partial charge in [-0.1, -0.05) is 0 Å². The molecule has 2 heterocycles. The number of hydrogen-bond donors (Lipinski definition) is 0. The van der Waals surface area contributed by atoms with Crippen molar-refractivity contribution in [3.05, 3.63) is 35.4 Å². The summed E-state index contributed by atoms with van der Waals surface area (Å²) >= 11 is 0. The second-order valence-corrected chi connectivity index (χ2v) is 6.97. The number of aryl methyl sites for hydroxylation is 2. The highest BCUT2D eigenvalue weighted by Gasteiger charge is 2.22. The summed E-state index contributed by atoms with van der Waals surface area (Å²) in [5, 5.41) is 4.60. The van der Waals surface area contributed by atoms with Crippen molar-refractivity contribution in [3.63, 3.8) is 0 Å². The highest BCUT2D eigenvalue weighted by Crippen LogP contribution is 2.26. The van der Waals surface area contributed by atoms with Crippen LogP contribution in [0.1, 0.15) is 38.0 Å². The van der Waals surface area contributed by atoms with Gasteiger partial charge in [0.2, 0.25) is 0 Å². The summed E-state index contributed by atoms with van der Waals surface area (Å²) in [7, 11) is 1.65. The SMILES string of the molecule is COCc1nc(-c2ccc3nc(C)c(C)nc3c2)n(C(C)(C)C)n1. The predicted molar refractivity (Wildman–Crippen MR) is 93.7 cm³/mol. The van der Waals surface area contributed by atoms with Gasteiger partial charge in [0.15, 0.2) is 11.6 Å². The Bertz CT molecular complexity index is 892. The van der Waals surface area contributed by atoms with Crippen LogP contribution in [-0.4, -0.2) is 31.8 Å². The fourth-order valence-electron chi connectivity index (χ4n) is 2.57. The number of fused-ring (bicyclic) bond motifs is 1. The molecule has 0 unspecified atom stereocenters. The van der Waals surface area contributed by atoms with E-state index in [0.29, 0.717) is 12.4 Å². The summed E-state index contributed by atoms with van der Waals surface area (Å²) in [5.74, 6) is 1.49. The van der Waals surface area contributed by atoms with Gasteiger partial charge in [0.25, 0.3) is 0 Å². The predicted octanol–water partition coefficient (Wildman–Crippen LogP) is 3.41. The van der Waals surface area contributed by atoms with E-state index in [0.717, 1.165) is 33.8 Å². The second-order valence-electron chi connectivity index (χ2n) is 6.97. The molecule has 0 spiro atoms. The lowest BCUT2D eigenvalue weighted by Gasteiger charge is -2.21. The van der Waals surface area contributed by atoms with Gasteiger partial charge in [-0.15, -0.1) is 0 Å². The molecule has 0 aliphatic heterocycles. The van der Waals surface area contributed by atoms with Crippen molar-refractivity contribution in [3.8, 4) is 11.4 Å².